The number of carbonyl (C=O) groups excluding carboxylic acids is 2. The molecule has 0 fully saturated rings. The first-order valence-corrected chi connectivity index (χ1v) is 7.32. The zero-order valence-electron chi connectivity index (χ0n) is 12.9. The lowest BCUT2D eigenvalue weighted by atomic mass is 10.1. The topological polar surface area (TPSA) is 49.4 Å². The fourth-order valence-corrected chi connectivity index (χ4v) is 2.16. The summed E-state index contributed by atoms with van der Waals surface area (Å²) in [7, 11) is 0. The van der Waals surface area contributed by atoms with Crippen molar-refractivity contribution >= 4 is 17.5 Å². The molecule has 2 aromatic rings. The van der Waals surface area contributed by atoms with Crippen molar-refractivity contribution in [3.63, 3.8) is 0 Å². The number of ketones is 1. The Bertz CT molecular complexity index is 636. The number of benzene rings is 2. The maximum Gasteiger partial charge on any atom is 0.322 e. The molecule has 0 atom stereocenters. The Morgan fingerprint density at radius 1 is 1.00 bits per heavy atom. The summed E-state index contributed by atoms with van der Waals surface area (Å²) in [4.78, 5) is 25.3. The van der Waals surface area contributed by atoms with Crippen LogP contribution in [0.4, 0.5) is 10.5 Å². The zero-order valence-corrected chi connectivity index (χ0v) is 12.9. The lowest BCUT2D eigenvalue weighted by Crippen LogP contribution is -2.39. The van der Waals surface area contributed by atoms with Crippen LogP contribution in [0.25, 0.3) is 0 Å². The Morgan fingerprint density at radius 3 is 2.18 bits per heavy atom. The van der Waals surface area contributed by atoms with Gasteiger partial charge in [-0.05, 0) is 31.5 Å². The summed E-state index contributed by atoms with van der Waals surface area (Å²) in [5.74, 6) is 0.0372. The highest BCUT2D eigenvalue weighted by Crippen LogP contribution is 2.17. The van der Waals surface area contributed by atoms with Crippen molar-refractivity contribution in [1.29, 1.82) is 0 Å². The minimum absolute atomic E-state index is 0.0372. The Morgan fingerprint density at radius 2 is 1.64 bits per heavy atom. The van der Waals surface area contributed by atoms with Crippen molar-refractivity contribution in [3.8, 4) is 0 Å². The molecule has 0 bridgehead atoms. The van der Waals surface area contributed by atoms with E-state index < -0.39 is 0 Å². The minimum atomic E-state index is -0.135. The van der Waals surface area contributed by atoms with Crippen LogP contribution in [0.15, 0.2) is 54.6 Å². The number of hydrogen-bond acceptors (Lipinski definition) is 2. The molecular formula is C18H20N2O2. The van der Waals surface area contributed by atoms with Crippen LogP contribution in [-0.4, -0.2) is 18.4 Å². The normalized spacial score (nSPS) is 10.1. The number of para-hydroxylation sites is 1. The highest BCUT2D eigenvalue weighted by Gasteiger charge is 2.15. The molecule has 0 saturated carbocycles. The van der Waals surface area contributed by atoms with Gasteiger partial charge >= 0.3 is 6.03 Å². The van der Waals surface area contributed by atoms with E-state index in [1.807, 2.05) is 49.4 Å². The maximum absolute atomic E-state index is 12.3. The van der Waals surface area contributed by atoms with Crippen LogP contribution in [0.2, 0.25) is 0 Å². The van der Waals surface area contributed by atoms with Crippen LogP contribution in [0.3, 0.4) is 0 Å². The van der Waals surface area contributed by atoms with Gasteiger partial charge in [-0.2, -0.15) is 0 Å². The molecular weight excluding hydrogens is 276 g/mol. The lowest BCUT2D eigenvalue weighted by molar-refractivity contribution is 0.101. The van der Waals surface area contributed by atoms with Crippen molar-refractivity contribution in [2.24, 2.45) is 0 Å². The summed E-state index contributed by atoms with van der Waals surface area (Å²) >= 11 is 0. The summed E-state index contributed by atoms with van der Waals surface area (Å²) in [5, 5.41) is 2.83. The van der Waals surface area contributed by atoms with Crippen LogP contribution >= 0.6 is 0 Å². The predicted octanol–water partition coefficient (Wildman–Crippen LogP) is 3.63. The summed E-state index contributed by atoms with van der Waals surface area (Å²) in [6, 6.07) is 16.7. The Hall–Kier alpha value is -2.62. The van der Waals surface area contributed by atoms with Gasteiger partial charge < -0.3 is 5.32 Å². The van der Waals surface area contributed by atoms with Crippen LogP contribution in [0.1, 0.15) is 29.8 Å². The minimum Gasteiger partial charge on any atom is -0.338 e. The van der Waals surface area contributed by atoms with E-state index in [0.717, 1.165) is 11.3 Å². The Balaban J connectivity index is 2.22. The Kier molecular flexibility index (Phi) is 5.31. The first-order chi connectivity index (χ1) is 10.6. The van der Waals surface area contributed by atoms with Gasteiger partial charge in [-0.15, -0.1) is 0 Å². The molecule has 0 aliphatic heterocycles. The molecule has 2 rings (SSSR count). The zero-order chi connectivity index (χ0) is 15.9. The van der Waals surface area contributed by atoms with Crippen molar-refractivity contribution in [1.82, 2.24) is 5.32 Å². The van der Waals surface area contributed by atoms with Crippen molar-refractivity contribution in [2.75, 3.05) is 11.4 Å². The number of carbonyl (C=O) groups is 2. The van der Waals surface area contributed by atoms with Gasteiger partial charge in [0.05, 0.1) is 6.54 Å². The van der Waals surface area contributed by atoms with Gasteiger partial charge in [-0.3, -0.25) is 9.69 Å². The lowest BCUT2D eigenvalue weighted by Gasteiger charge is -2.23. The van der Waals surface area contributed by atoms with Gasteiger partial charge in [0.15, 0.2) is 5.78 Å². The first-order valence-electron chi connectivity index (χ1n) is 7.32. The molecule has 0 saturated heterocycles. The van der Waals surface area contributed by atoms with Crippen molar-refractivity contribution in [2.45, 2.75) is 20.4 Å². The van der Waals surface area contributed by atoms with Crippen LogP contribution in [-0.2, 0) is 6.54 Å². The molecule has 0 unspecified atom stereocenters. The number of urea groups is 1. The first kappa shape index (κ1) is 15.8. The number of hydrogen-bond donors (Lipinski definition) is 1. The number of Topliss-reactive ketones (excluding diaryl/α,β-unsaturated/α-hetero) is 1. The SMILES string of the molecule is CCNC(=O)N(Cc1ccc(C(C)=O)cc1)c1ccccc1. The number of rotatable bonds is 5. The molecule has 0 spiro atoms. The smallest absolute Gasteiger partial charge is 0.322 e. The van der Waals surface area contributed by atoms with E-state index in [9.17, 15) is 9.59 Å². The highest BCUT2D eigenvalue weighted by atomic mass is 16.2. The highest BCUT2D eigenvalue weighted by molar-refractivity contribution is 5.94. The van der Waals surface area contributed by atoms with Crippen molar-refractivity contribution in [3.05, 3.63) is 65.7 Å². The van der Waals surface area contributed by atoms with E-state index in [-0.39, 0.29) is 11.8 Å². The molecule has 0 aliphatic rings. The van der Waals surface area contributed by atoms with E-state index in [0.29, 0.717) is 18.7 Å². The van der Waals surface area contributed by atoms with Crippen LogP contribution in [0.5, 0.6) is 0 Å². The van der Waals surface area contributed by atoms with Gasteiger partial charge in [0, 0.05) is 17.8 Å². The molecule has 0 aromatic heterocycles. The number of nitrogens with one attached hydrogen (secondary N) is 1. The quantitative estimate of drug-likeness (QED) is 0.857. The standard InChI is InChI=1S/C18H20N2O2/c1-3-19-18(22)20(17-7-5-4-6-8-17)13-15-9-11-16(12-10-15)14(2)21/h4-12H,3,13H2,1-2H3,(H,19,22). The van der Waals surface area contributed by atoms with Gasteiger partial charge in [0.1, 0.15) is 0 Å². The van der Waals surface area contributed by atoms with Crippen molar-refractivity contribution < 1.29 is 9.59 Å². The van der Waals surface area contributed by atoms with Gasteiger partial charge in [0.25, 0.3) is 0 Å². The summed E-state index contributed by atoms with van der Waals surface area (Å²) in [6.45, 7) is 4.46. The maximum atomic E-state index is 12.3. The van der Waals surface area contributed by atoms with Crippen LogP contribution in [0, 0.1) is 0 Å². The van der Waals surface area contributed by atoms with Gasteiger partial charge in [0.2, 0.25) is 0 Å². The summed E-state index contributed by atoms with van der Waals surface area (Å²) < 4.78 is 0. The third kappa shape index (κ3) is 3.95. The molecule has 4 heteroatoms. The third-order valence-corrected chi connectivity index (χ3v) is 3.34. The summed E-state index contributed by atoms with van der Waals surface area (Å²) in [5.41, 5.74) is 2.48. The number of anilines is 1. The molecule has 0 heterocycles. The molecule has 4 nitrogen and oxygen atoms in total. The number of nitrogens with zero attached hydrogens (tertiary/aromatic N) is 1. The van der Waals surface area contributed by atoms with Crippen LogP contribution < -0.4 is 10.2 Å². The molecule has 0 radical (unpaired) electrons. The average molecular weight is 296 g/mol. The summed E-state index contributed by atoms with van der Waals surface area (Å²) in [6.07, 6.45) is 0. The largest absolute Gasteiger partial charge is 0.338 e. The molecule has 0 aliphatic carbocycles. The fourth-order valence-electron chi connectivity index (χ4n) is 2.16. The molecule has 2 amide bonds. The van der Waals surface area contributed by atoms with E-state index in [2.05, 4.69) is 5.32 Å². The molecule has 1 N–H and O–H groups in total. The Labute approximate surface area is 130 Å². The fraction of sp³-hybridized carbons (Fsp3) is 0.222. The van der Waals surface area contributed by atoms with Gasteiger partial charge in [-0.25, -0.2) is 4.79 Å². The molecule has 22 heavy (non-hydrogen) atoms. The number of amides is 2. The van der Waals surface area contributed by atoms with E-state index in [4.69, 9.17) is 0 Å². The average Bonchev–Trinajstić information content (AvgIpc) is 2.54. The second-order valence-electron chi connectivity index (χ2n) is 5.01. The third-order valence-electron chi connectivity index (χ3n) is 3.34. The monoisotopic (exact) mass is 296 g/mol. The van der Waals surface area contributed by atoms with Gasteiger partial charge in [-0.1, -0.05) is 42.5 Å². The molecule has 2 aromatic carbocycles. The van der Waals surface area contributed by atoms with E-state index in [1.165, 1.54) is 0 Å². The molecule has 114 valence electrons. The second-order valence-corrected chi connectivity index (χ2v) is 5.01. The van der Waals surface area contributed by atoms with E-state index >= 15 is 0 Å². The van der Waals surface area contributed by atoms with E-state index in [1.54, 1.807) is 24.0 Å². The second kappa shape index (κ2) is 7.41. The predicted molar refractivity (Wildman–Crippen MR) is 88.1 cm³/mol.